The zero-order valence-electron chi connectivity index (χ0n) is 9.57. The first kappa shape index (κ1) is 10.7. The van der Waals surface area contributed by atoms with E-state index in [1.54, 1.807) is 6.07 Å². The second kappa shape index (κ2) is 4.35. The lowest BCUT2D eigenvalue weighted by molar-refractivity contribution is 0.469. The number of aromatic hydroxyl groups is 1. The molecule has 0 saturated carbocycles. The number of aryl methyl sites for hydroxylation is 2. The quantitative estimate of drug-likeness (QED) is 0.831. The first-order valence-corrected chi connectivity index (χ1v) is 5.36. The van der Waals surface area contributed by atoms with E-state index in [2.05, 4.69) is 17.1 Å². The normalized spacial score (nSPS) is 10.4. The van der Waals surface area contributed by atoms with E-state index in [0.717, 1.165) is 23.4 Å². The number of hydrogen-bond donors (Lipinski definition) is 1. The number of phenolic OH excluding ortho intramolecular Hbond substituents is 1. The van der Waals surface area contributed by atoms with Crippen LogP contribution in [0.2, 0.25) is 0 Å². The lowest BCUT2D eigenvalue weighted by atomic mass is 10.0. The number of phenols is 1. The van der Waals surface area contributed by atoms with Crippen LogP contribution in [0.15, 0.2) is 36.4 Å². The van der Waals surface area contributed by atoms with Gasteiger partial charge in [0.2, 0.25) is 0 Å². The van der Waals surface area contributed by atoms with Crippen molar-refractivity contribution >= 4 is 0 Å². The van der Waals surface area contributed by atoms with Gasteiger partial charge in [0.15, 0.2) is 0 Å². The van der Waals surface area contributed by atoms with Crippen molar-refractivity contribution in [3.63, 3.8) is 0 Å². The van der Waals surface area contributed by atoms with Crippen LogP contribution in [0.4, 0.5) is 0 Å². The fourth-order valence-electron chi connectivity index (χ4n) is 1.90. The summed E-state index contributed by atoms with van der Waals surface area (Å²) in [6.45, 7) is 3.97. The van der Waals surface area contributed by atoms with Crippen molar-refractivity contribution in [3.05, 3.63) is 58.9 Å². The summed E-state index contributed by atoms with van der Waals surface area (Å²) in [5.41, 5.74) is 4.18. The minimum atomic E-state index is 0.356. The maximum atomic E-state index is 9.69. The Hall–Kier alpha value is -1.83. The van der Waals surface area contributed by atoms with Gasteiger partial charge in [-0.05, 0) is 43.2 Å². The van der Waals surface area contributed by atoms with Crippen molar-refractivity contribution in [2.24, 2.45) is 0 Å². The molecule has 1 aromatic heterocycles. The maximum Gasteiger partial charge on any atom is 0.119 e. The molecule has 16 heavy (non-hydrogen) atoms. The highest BCUT2D eigenvalue weighted by atomic mass is 16.3. The van der Waals surface area contributed by atoms with Gasteiger partial charge in [0, 0.05) is 17.8 Å². The zero-order chi connectivity index (χ0) is 11.5. The Bertz CT molecular complexity index is 486. The molecule has 0 bridgehead atoms. The van der Waals surface area contributed by atoms with Crippen LogP contribution in [-0.4, -0.2) is 10.1 Å². The van der Waals surface area contributed by atoms with Gasteiger partial charge in [0.1, 0.15) is 5.75 Å². The van der Waals surface area contributed by atoms with Gasteiger partial charge in [0.25, 0.3) is 0 Å². The summed E-state index contributed by atoms with van der Waals surface area (Å²) in [6.07, 6.45) is 0.747. The minimum absolute atomic E-state index is 0.356. The Morgan fingerprint density at radius 2 is 1.69 bits per heavy atom. The van der Waals surface area contributed by atoms with Crippen molar-refractivity contribution in [3.8, 4) is 5.75 Å². The molecule has 0 amide bonds. The molecular formula is C14H15NO. The molecule has 0 radical (unpaired) electrons. The van der Waals surface area contributed by atoms with E-state index in [1.807, 2.05) is 32.0 Å². The Morgan fingerprint density at radius 1 is 1.06 bits per heavy atom. The molecule has 0 aliphatic carbocycles. The third kappa shape index (κ3) is 2.40. The van der Waals surface area contributed by atoms with E-state index in [0.29, 0.717) is 5.75 Å². The summed E-state index contributed by atoms with van der Waals surface area (Å²) in [5.74, 6) is 0.356. The fraction of sp³-hybridized carbons (Fsp3) is 0.214. The Labute approximate surface area is 95.6 Å². The van der Waals surface area contributed by atoms with Crippen molar-refractivity contribution in [2.45, 2.75) is 20.3 Å². The van der Waals surface area contributed by atoms with Crippen molar-refractivity contribution < 1.29 is 5.11 Å². The lowest BCUT2D eigenvalue weighted by Gasteiger charge is -2.06. The molecule has 0 unspecified atom stereocenters. The standard InChI is InChI=1S/C14H15NO/c1-10-7-12(8-11(2)15-10)9-13-5-3-4-6-14(13)16/h3-8,16H,9H2,1-2H3. The van der Waals surface area contributed by atoms with Crippen LogP contribution < -0.4 is 0 Å². The second-order valence-electron chi connectivity index (χ2n) is 4.06. The molecule has 0 fully saturated rings. The van der Waals surface area contributed by atoms with E-state index in [-0.39, 0.29) is 0 Å². The average molecular weight is 213 g/mol. The van der Waals surface area contributed by atoms with Crippen molar-refractivity contribution in [1.29, 1.82) is 0 Å². The second-order valence-corrected chi connectivity index (χ2v) is 4.06. The van der Waals surface area contributed by atoms with Gasteiger partial charge in [-0.2, -0.15) is 0 Å². The molecule has 1 heterocycles. The number of rotatable bonds is 2. The molecular weight excluding hydrogens is 198 g/mol. The summed E-state index contributed by atoms with van der Waals surface area (Å²) >= 11 is 0. The number of aromatic nitrogens is 1. The lowest BCUT2D eigenvalue weighted by Crippen LogP contribution is -1.93. The van der Waals surface area contributed by atoms with E-state index in [9.17, 15) is 5.11 Å². The SMILES string of the molecule is Cc1cc(Cc2ccccc2O)cc(C)n1. The summed E-state index contributed by atoms with van der Waals surface area (Å²) in [6, 6.07) is 11.5. The average Bonchev–Trinajstić information content (AvgIpc) is 2.20. The monoisotopic (exact) mass is 213 g/mol. The van der Waals surface area contributed by atoms with Gasteiger partial charge in [-0.15, -0.1) is 0 Å². The van der Waals surface area contributed by atoms with Crippen LogP contribution in [0.5, 0.6) is 5.75 Å². The molecule has 2 heteroatoms. The number of pyridine rings is 1. The molecule has 0 aliphatic heterocycles. The molecule has 0 saturated heterocycles. The molecule has 2 nitrogen and oxygen atoms in total. The van der Waals surface area contributed by atoms with Gasteiger partial charge in [-0.1, -0.05) is 18.2 Å². The third-order valence-corrected chi connectivity index (χ3v) is 2.53. The summed E-state index contributed by atoms with van der Waals surface area (Å²) in [5, 5.41) is 9.69. The van der Waals surface area contributed by atoms with E-state index >= 15 is 0 Å². The highest BCUT2D eigenvalue weighted by molar-refractivity contribution is 5.36. The molecule has 82 valence electrons. The van der Waals surface area contributed by atoms with E-state index in [4.69, 9.17) is 0 Å². The number of hydrogen-bond acceptors (Lipinski definition) is 2. The number of benzene rings is 1. The summed E-state index contributed by atoms with van der Waals surface area (Å²) < 4.78 is 0. The van der Waals surface area contributed by atoms with Crippen LogP contribution in [-0.2, 0) is 6.42 Å². The van der Waals surface area contributed by atoms with Crippen LogP contribution in [0.1, 0.15) is 22.5 Å². The van der Waals surface area contributed by atoms with Gasteiger partial charge in [0.05, 0.1) is 0 Å². The van der Waals surface area contributed by atoms with Crippen LogP contribution in [0.25, 0.3) is 0 Å². The molecule has 0 aliphatic rings. The fourth-order valence-corrected chi connectivity index (χ4v) is 1.90. The molecule has 1 aromatic carbocycles. The maximum absolute atomic E-state index is 9.69. The summed E-state index contributed by atoms with van der Waals surface area (Å²) in [4.78, 5) is 4.34. The highest BCUT2D eigenvalue weighted by Crippen LogP contribution is 2.20. The van der Waals surface area contributed by atoms with E-state index < -0.39 is 0 Å². The van der Waals surface area contributed by atoms with Gasteiger partial charge in [-0.3, -0.25) is 4.98 Å². The van der Waals surface area contributed by atoms with Gasteiger partial charge < -0.3 is 5.11 Å². The predicted molar refractivity (Wildman–Crippen MR) is 64.6 cm³/mol. The van der Waals surface area contributed by atoms with Crippen molar-refractivity contribution in [2.75, 3.05) is 0 Å². The predicted octanol–water partition coefficient (Wildman–Crippen LogP) is 2.99. The van der Waals surface area contributed by atoms with Crippen LogP contribution in [0, 0.1) is 13.8 Å². The molecule has 0 spiro atoms. The Balaban J connectivity index is 2.30. The first-order chi connectivity index (χ1) is 7.65. The molecule has 2 rings (SSSR count). The van der Waals surface area contributed by atoms with Gasteiger partial charge >= 0.3 is 0 Å². The molecule has 2 aromatic rings. The number of nitrogens with zero attached hydrogens (tertiary/aromatic N) is 1. The smallest absolute Gasteiger partial charge is 0.119 e. The first-order valence-electron chi connectivity index (χ1n) is 5.36. The zero-order valence-corrected chi connectivity index (χ0v) is 9.57. The van der Waals surface area contributed by atoms with Crippen molar-refractivity contribution in [1.82, 2.24) is 4.98 Å². The van der Waals surface area contributed by atoms with Crippen LogP contribution >= 0.6 is 0 Å². The van der Waals surface area contributed by atoms with Crippen LogP contribution in [0.3, 0.4) is 0 Å². The minimum Gasteiger partial charge on any atom is -0.508 e. The number of para-hydroxylation sites is 1. The third-order valence-electron chi connectivity index (χ3n) is 2.53. The largest absolute Gasteiger partial charge is 0.508 e. The summed E-state index contributed by atoms with van der Waals surface area (Å²) in [7, 11) is 0. The van der Waals surface area contributed by atoms with E-state index in [1.165, 1.54) is 5.56 Å². The Kier molecular flexibility index (Phi) is 2.91. The Morgan fingerprint density at radius 3 is 2.31 bits per heavy atom. The molecule has 0 atom stereocenters. The molecule has 1 N–H and O–H groups in total. The topological polar surface area (TPSA) is 33.1 Å². The highest BCUT2D eigenvalue weighted by Gasteiger charge is 2.02. The van der Waals surface area contributed by atoms with Gasteiger partial charge in [-0.25, -0.2) is 0 Å².